The fourth-order valence-electron chi connectivity index (χ4n) is 3.88. The average molecular weight is 295 g/mol. The average Bonchev–Trinajstić information content (AvgIpc) is 2.55. The van der Waals surface area contributed by atoms with Gasteiger partial charge in [-0.3, -0.25) is 0 Å². The van der Waals surface area contributed by atoms with E-state index in [1.54, 1.807) is 0 Å². The molecule has 1 aliphatic rings. The van der Waals surface area contributed by atoms with E-state index in [4.69, 9.17) is 0 Å². The number of hydrogen-bond donors (Lipinski definition) is 2. The molecule has 2 nitrogen and oxygen atoms in total. The lowest BCUT2D eigenvalue weighted by Crippen LogP contribution is -2.51. The molecule has 0 saturated carbocycles. The zero-order chi connectivity index (χ0) is 15.6. The van der Waals surface area contributed by atoms with Crippen molar-refractivity contribution < 1.29 is 5.11 Å². The largest absolute Gasteiger partial charge is 0.390 e. The van der Waals surface area contributed by atoms with E-state index in [1.165, 1.54) is 11.1 Å². The minimum Gasteiger partial charge on any atom is -0.390 e. The monoisotopic (exact) mass is 295 g/mol. The number of nitrogens with one attached hydrogen (secondary N) is 1. The molecule has 3 rings (SSSR count). The molecule has 0 bridgehead atoms. The van der Waals surface area contributed by atoms with Gasteiger partial charge in [-0.2, -0.15) is 0 Å². The van der Waals surface area contributed by atoms with E-state index in [-0.39, 0.29) is 18.0 Å². The smallest absolute Gasteiger partial charge is 0.0684 e. The summed E-state index contributed by atoms with van der Waals surface area (Å²) < 4.78 is 0. The predicted octanol–water partition coefficient (Wildman–Crippen LogP) is 4.24. The number of benzene rings is 2. The third-order valence-electron chi connectivity index (χ3n) is 5.00. The fourth-order valence-corrected chi connectivity index (χ4v) is 3.88. The van der Waals surface area contributed by atoms with Crippen LogP contribution in [0.5, 0.6) is 0 Å². The van der Waals surface area contributed by atoms with Crippen molar-refractivity contribution in [3.63, 3.8) is 0 Å². The SMILES string of the molecule is CC[C@@H]1[C@H](c2ccccc2)N[C@H](c2ccccc2)C[C@@]1(C)O. The number of hydrogen-bond acceptors (Lipinski definition) is 2. The Balaban J connectivity index is 1.95. The highest BCUT2D eigenvalue weighted by atomic mass is 16.3. The van der Waals surface area contributed by atoms with Gasteiger partial charge in [0.15, 0.2) is 0 Å². The molecule has 116 valence electrons. The van der Waals surface area contributed by atoms with Gasteiger partial charge < -0.3 is 10.4 Å². The molecule has 1 saturated heterocycles. The Morgan fingerprint density at radius 2 is 1.55 bits per heavy atom. The van der Waals surface area contributed by atoms with E-state index in [1.807, 2.05) is 19.1 Å². The van der Waals surface area contributed by atoms with Gasteiger partial charge in [-0.15, -0.1) is 0 Å². The summed E-state index contributed by atoms with van der Waals surface area (Å²) in [5.41, 5.74) is 1.84. The van der Waals surface area contributed by atoms with E-state index in [2.05, 4.69) is 60.8 Å². The summed E-state index contributed by atoms with van der Waals surface area (Å²) in [7, 11) is 0. The lowest BCUT2D eigenvalue weighted by atomic mass is 9.71. The highest BCUT2D eigenvalue weighted by Gasteiger charge is 2.44. The quantitative estimate of drug-likeness (QED) is 0.887. The molecule has 4 atom stereocenters. The lowest BCUT2D eigenvalue weighted by molar-refractivity contribution is -0.0616. The molecule has 2 aromatic rings. The van der Waals surface area contributed by atoms with Crippen LogP contribution in [-0.2, 0) is 0 Å². The van der Waals surface area contributed by atoms with Crippen molar-refractivity contribution in [1.82, 2.24) is 5.32 Å². The Labute approximate surface area is 133 Å². The summed E-state index contributed by atoms with van der Waals surface area (Å²) in [5.74, 6) is 0.217. The van der Waals surface area contributed by atoms with Crippen LogP contribution in [-0.4, -0.2) is 10.7 Å². The molecule has 1 heterocycles. The molecule has 22 heavy (non-hydrogen) atoms. The van der Waals surface area contributed by atoms with Crippen molar-refractivity contribution in [1.29, 1.82) is 0 Å². The summed E-state index contributed by atoms with van der Waals surface area (Å²) >= 11 is 0. The summed E-state index contributed by atoms with van der Waals surface area (Å²) in [6.07, 6.45) is 1.71. The Bertz CT molecular complexity index is 594. The van der Waals surface area contributed by atoms with E-state index in [0.29, 0.717) is 0 Å². The molecule has 1 fully saturated rings. The van der Waals surface area contributed by atoms with Crippen LogP contribution in [0.4, 0.5) is 0 Å². The minimum absolute atomic E-state index is 0.181. The van der Waals surface area contributed by atoms with Crippen LogP contribution < -0.4 is 5.32 Å². The molecule has 1 aliphatic heterocycles. The van der Waals surface area contributed by atoms with Crippen LogP contribution in [0.1, 0.15) is 49.9 Å². The standard InChI is InChI=1S/C20H25NO/c1-3-17-19(16-12-8-5-9-13-16)21-18(14-20(17,2)22)15-10-6-4-7-11-15/h4-13,17-19,21-22H,3,14H2,1-2H3/t17-,18+,19+,20-/m1/s1. The molecular weight excluding hydrogens is 270 g/mol. The number of rotatable bonds is 3. The third-order valence-corrected chi connectivity index (χ3v) is 5.00. The first kappa shape index (κ1) is 15.3. The first-order chi connectivity index (χ1) is 10.6. The summed E-state index contributed by atoms with van der Waals surface area (Å²) in [6.45, 7) is 4.16. The maximum absolute atomic E-state index is 11.1. The van der Waals surface area contributed by atoms with Crippen LogP contribution in [0.2, 0.25) is 0 Å². The molecule has 0 radical (unpaired) electrons. The van der Waals surface area contributed by atoms with E-state index in [9.17, 15) is 5.11 Å². The number of piperidine rings is 1. The zero-order valence-corrected chi connectivity index (χ0v) is 13.4. The van der Waals surface area contributed by atoms with Gasteiger partial charge in [0.25, 0.3) is 0 Å². The van der Waals surface area contributed by atoms with E-state index >= 15 is 0 Å². The van der Waals surface area contributed by atoms with Gasteiger partial charge in [0.2, 0.25) is 0 Å². The van der Waals surface area contributed by atoms with Gasteiger partial charge in [-0.1, -0.05) is 67.6 Å². The van der Waals surface area contributed by atoms with Crippen LogP contribution in [0.25, 0.3) is 0 Å². The zero-order valence-electron chi connectivity index (χ0n) is 13.4. The molecule has 0 aromatic heterocycles. The summed E-state index contributed by atoms with van der Waals surface area (Å²) in [5, 5.41) is 14.8. The minimum atomic E-state index is -0.666. The van der Waals surface area contributed by atoms with Crippen molar-refractivity contribution in [2.75, 3.05) is 0 Å². The van der Waals surface area contributed by atoms with Crippen molar-refractivity contribution >= 4 is 0 Å². The molecule has 0 amide bonds. The summed E-state index contributed by atoms with van der Waals surface area (Å²) in [6, 6.07) is 21.3. The topological polar surface area (TPSA) is 32.3 Å². The van der Waals surface area contributed by atoms with Crippen LogP contribution in [0.15, 0.2) is 60.7 Å². The van der Waals surface area contributed by atoms with Gasteiger partial charge in [-0.05, 0) is 30.9 Å². The lowest BCUT2D eigenvalue weighted by Gasteiger charge is -2.47. The molecular formula is C20H25NO. The highest BCUT2D eigenvalue weighted by molar-refractivity contribution is 5.26. The van der Waals surface area contributed by atoms with Crippen LogP contribution in [0.3, 0.4) is 0 Å². The second-order valence-corrected chi connectivity index (χ2v) is 6.59. The Morgan fingerprint density at radius 3 is 2.09 bits per heavy atom. The predicted molar refractivity (Wildman–Crippen MR) is 90.5 cm³/mol. The molecule has 0 aliphatic carbocycles. The first-order valence-corrected chi connectivity index (χ1v) is 8.20. The van der Waals surface area contributed by atoms with Gasteiger partial charge in [0.05, 0.1) is 5.60 Å². The van der Waals surface area contributed by atoms with Crippen molar-refractivity contribution in [2.24, 2.45) is 5.92 Å². The van der Waals surface area contributed by atoms with Gasteiger partial charge in [0, 0.05) is 18.0 Å². The Hall–Kier alpha value is -1.64. The molecule has 2 heteroatoms. The van der Waals surface area contributed by atoms with E-state index in [0.717, 1.165) is 12.8 Å². The molecule has 2 N–H and O–H groups in total. The van der Waals surface area contributed by atoms with Crippen LogP contribution in [0, 0.1) is 5.92 Å². The normalized spacial score (nSPS) is 31.9. The number of aliphatic hydroxyl groups is 1. The Kier molecular flexibility index (Phi) is 4.32. The maximum Gasteiger partial charge on any atom is 0.0684 e. The van der Waals surface area contributed by atoms with Gasteiger partial charge >= 0.3 is 0 Å². The summed E-state index contributed by atoms with van der Waals surface area (Å²) in [4.78, 5) is 0. The van der Waals surface area contributed by atoms with Crippen molar-refractivity contribution in [2.45, 2.75) is 44.4 Å². The molecule has 0 spiro atoms. The Morgan fingerprint density at radius 1 is 1.00 bits per heavy atom. The molecule has 0 unspecified atom stereocenters. The van der Waals surface area contributed by atoms with Crippen molar-refractivity contribution in [3.8, 4) is 0 Å². The highest BCUT2D eigenvalue weighted by Crippen LogP contribution is 2.44. The second kappa shape index (κ2) is 6.23. The third kappa shape index (κ3) is 2.94. The van der Waals surface area contributed by atoms with Gasteiger partial charge in [0.1, 0.15) is 0 Å². The maximum atomic E-state index is 11.1. The van der Waals surface area contributed by atoms with Crippen LogP contribution >= 0.6 is 0 Å². The van der Waals surface area contributed by atoms with Gasteiger partial charge in [-0.25, -0.2) is 0 Å². The van der Waals surface area contributed by atoms with E-state index < -0.39 is 5.60 Å². The first-order valence-electron chi connectivity index (χ1n) is 8.20. The second-order valence-electron chi connectivity index (χ2n) is 6.59. The van der Waals surface area contributed by atoms with Crippen molar-refractivity contribution in [3.05, 3.63) is 71.8 Å². The fraction of sp³-hybridized carbons (Fsp3) is 0.400. The molecule has 2 aromatic carbocycles.